The highest BCUT2D eigenvalue weighted by Crippen LogP contribution is 2.26. The van der Waals surface area contributed by atoms with Gasteiger partial charge in [0, 0.05) is 12.8 Å². The molecule has 1 unspecified atom stereocenters. The van der Waals surface area contributed by atoms with Gasteiger partial charge in [0.15, 0.2) is 0 Å². The molecule has 78 valence electrons. The number of hydrogen-bond acceptors (Lipinski definition) is 2. The molecule has 0 radical (unpaired) electrons. The highest BCUT2D eigenvalue weighted by Gasteiger charge is 2.12. The molecule has 0 spiro atoms. The van der Waals surface area contributed by atoms with Crippen LogP contribution in [0.15, 0.2) is 18.2 Å². The van der Waals surface area contributed by atoms with Crippen molar-refractivity contribution >= 4 is 0 Å². The van der Waals surface area contributed by atoms with E-state index in [1.807, 2.05) is 0 Å². The second kappa shape index (κ2) is 4.35. The molecule has 1 heterocycles. The van der Waals surface area contributed by atoms with Gasteiger partial charge < -0.3 is 4.74 Å². The van der Waals surface area contributed by atoms with E-state index in [9.17, 15) is 0 Å². The van der Waals surface area contributed by atoms with Crippen LogP contribution in [-0.4, -0.2) is 6.61 Å². The van der Waals surface area contributed by atoms with Gasteiger partial charge in [0.25, 0.3) is 0 Å². The zero-order valence-corrected chi connectivity index (χ0v) is 8.99. The van der Waals surface area contributed by atoms with Crippen molar-refractivity contribution in [3.05, 3.63) is 29.3 Å². The fraction of sp³-hybridized carbons (Fsp3) is 0.462. The van der Waals surface area contributed by atoms with Crippen LogP contribution in [0.2, 0.25) is 0 Å². The standard InChI is InChI=1S/C13H15NO/c1-10(4-6-14)8-11-2-3-13-12(9-11)5-7-15-13/h2-3,9-10H,4-5,7-8H2,1H3. The summed E-state index contributed by atoms with van der Waals surface area (Å²) in [5, 5.41) is 8.60. The van der Waals surface area contributed by atoms with Crippen molar-refractivity contribution in [2.75, 3.05) is 6.61 Å². The van der Waals surface area contributed by atoms with Gasteiger partial charge in [-0.3, -0.25) is 0 Å². The Hall–Kier alpha value is -1.49. The third-order valence-electron chi connectivity index (χ3n) is 2.78. The summed E-state index contributed by atoms with van der Waals surface area (Å²) < 4.78 is 5.45. The highest BCUT2D eigenvalue weighted by atomic mass is 16.5. The minimum absolute atomic E-state index is 0.440. The molecule has 2 heteroatoms. The Bertz CT molecular complexity index is 392. The molecule has 0 N–H and O–H groups in total. The van der Waals surface area contributed by atoms with Crippen LogP contribution in [0.25, 0.3) is 0 Å². The molecule has 0 saturated carbocycles. The van der Waals surface area contributed by atoms with Crippen molar-refractivity contribution in [3.63, 3.8) is 0 Å². The summed E-state index contributed by atoms with van der Waals surface area (Å²) in [6.45, 7) is 2.93. The molecular weight excluding hydrogens is 186 g/mol. The van der Waals surface area contributed by atoms with E-state index in [0.717, 1.165) is 25.2 Å². The van der Waals surface area contributed by atoms with Crippen molar-refractivity contribution < 1.29 is 4.74 Å². The topological polar surface area (TPSA) is 33.0 Å². The SMILES string of the molecule is CC(CC#N)Cc1ccc2c(c1)CCO2. The fourth-order valence-electron chi connectivity index (χ4n) is 2.00. The second-order valence-corrected chi connectivity index (χ2v) is 4.21. The molecule has 15 heavy (non-hydrogen) atoms. The second-order valence-electron chi connectivity index (χ2n) is 4.21. The molecule has 1 aromatic rings. The van der Waals surface area contributed by atoms with Gasteiger partial charge >= 0.3 is 0 Å². The molecule has 1 aliphatic heterocycles. The first kappa shape index (κ1) is 10.0. The van der Waals surface area contributed by atoms with Crippen molar-refractivity contribution in [2.45, 2.75) is 26.2 Å². The van der Waals surface area contributed by atoms with Crippen LogP contribution in [-0.2, 0) is 12.8 Å². The Labute approximate surface area is 90.5 Å². The maximum Gasteiger partial charge on any atom is 0.122 e. The van der Waals surface area contributed by atoms with Gasteiger partial charge in [-0.1, -0.05) is 19.1 Å². The Morgan fingerprint density at radius 1 is 1.53 bits per heavy atom. The molecule has 0 aromatic heterocycles. The normalized spacial score (nSPS) is 15.2. The molecule has 0 amide bonds. The summed E-state index contributed by atoms with van der Waals surface area (Å²) in [6, 6.07) is 8.60. The highest BCUT2D eigenvalue weighted by molar-refractivity contribution is 5.39. The van der Waals surface area contributed by atoms with Crippen molar-refractivity contribution in [2.24, 2.45) is 5.92 Å². The molecule has 0 aliphatic carbocycles. The molecule has 2 rings (SSSR count). The predicted molar refractivity (Wildman–Crippen MR) is 58.7 cm³/mol. The lowest BCUT2D eigenvalue weighted by Gasteiger charge is -2.08. The Kier molecular flexibility index (Phi) is 2.91. The zero-order chi connectivity index (χ0) is 10.7. The van der Waals surface area contributed by atoms with E-state index in [-0.39, 0.29) is 0 Å². The molecule has 0 bridgehead atoms. The summed E-state index contributed by atoms with van der Waals surface area (Å²) >= 11 is 0. The van der Waals surface area contributed by atoms with Crippen LogP contribution in [0.3, 0.4) is 0 Å². The Balaban J connectivity index is 2.07. The number of benzene rings is 1. The Morgan fingerprint density at radius 2 is 2.40 bits per heavy atom. The summed E-state index contributed by atoms with van der Waals surface area (Å²) in [7, 11) is 0. The fourth-order valence-corrected chi connectivity index (χ4v) is 2.00. The van der Waals surface area contributed by atoms with E-state index in [1.165, 1.54) is 11.1 Å². The van der Waals surface area contributed by atoms with Crippen LogP contribution in [0, 0.1) is 17.2 Å². The summed E-state index contributed by atoms with van der Waals surface area (Å²) in [5.41, 5.74) is 2.64. The number of rotatable bonds is 3. The quantitative estimate of drug-likeness (QED) is 0.753. The Morgan fingerprint density at radius 3 is 3.20 bits per heavy atom. The maximum atomic E-state index is 8.60. The smallest absolute Gasteiger partial charge is 0.122 e. The zero-order valence-electron chi connectivity index (χ0n) is 8.99. The van der Waals surface area contributed by atoms with E-state index in [4.69, 9.17) is 10.00 Å². The summed E-state index contributed by atoms with van der Waals surface area (Å²) in [4.78, 5) is 0. The molecule has 1 atom stereocenters. The predicted octanol–water partition coefficient (Wildman–Crippen LogP) is 2.71. The van der Waals surface area contributed by atoms with Crippen molar-refractivity contribution in [3.8, 4) is 11.8 Å². The van der Waals surface area contributed by atoms with Gasteiger partial charge in [-0.2, -0.15) is 5.26 Å². The van der Waals surface area contributed by atoms with E-state index >= 15 is 0 Å². The van der Waals surface area contributed by atoms with E-state index in [1.54, 1.807) is 0 Å². The van der Waals surface area contributed by atoms with Gasteiger partial charge in [0.05, 0.1) is 12.7 Å². The van der Waals surface area contributed by atoms with Crippen LogP contribution in [0.5, 0.6) is 5.75 Å². The van der Waals surface area contributed by atoms with Gasteiger partial charge in [0.1, 0.15) is 5.75 Å². The monoisotopic (exact) mass is 201 g/mol. The first-order valence-corrected chi connectivity index (χ1v) is 5.41. The first-order valence-electron chi connectivity index (χ1n) is 5.41. The van der Waals surface area contributed by atoms with Crippen LogP contribution < -0.4 is 4.74 Å². The summed E-state index contributed by atoms with van der Waals surface area (Å²) in [5.74, 6) is 1.47. The third-order valence-corrected chi connectivity index (χ3v) is 2.78. The average Bonchev–Trinajstić information content (AvgIpc) is 2.65. The number of nitriles is 1. The molecule has 1 aliphatic rings. The van der Waals surface area contributed by atoms with Crippen molar-refractivity contribution in [1.29, 1.82) is 5.26 Å². The third kappa shape index (κ3) is 2.30. The van der Waals surface area contributed by atoms with Crippen molar-refractivity contribution in [1.82, 2.24) is 0 Å². The van der Waals surface area contributed by atoms with Gasteiger partial charge in [-0.15, -0.1) is 0 Å². The van der Waals surface area contributed by atoms with E-state index < -0.39 is 0 Å². The average molecular weight is 201 g/mol. The van der Waals surface area contributed by atoms with Gasteiger partial charge in [0.2, 0.25) is 0 Å². The molecule has 0 saturated heterocycles. The van der Waals surface area contributed by atoms with E-state index in [0.29, 0.717) is 12.3 Å². The lowest BCUT2D eigenvalue weighted by Crippen LogP contribution is -1.98. The van der Waals surface area contributed by atoms with Gasteiger partial charge in [-0.25, -0.2) is 0 Å². The van der Waals surface area contributed by atoms with Crippen LogP contribution in [0.1, 0.15) is 24.5 Å². The van der Waals surface area contributed by atoms with Crippen LogP contribution >= 0.6 is 0 Å². The molecule has 2 nitrogen and oxygen atoms in total. The lowest BCUT2D eigenvalue weighted by atomic mass is 9.97. The molecule has 1 aromatic carbocycles. The minimum atomic E-state index is 0.440. The number of nitrogens with zero attached hydrogens (tertiary/aromatic N) is 1. The first-order chi connectivity index (χ1) is 7.29. The number of fused-ring (bicyclic) bond motifs is 1. The van der Waals surface area contributed by atoms with E-state index in [2.05, 4.69) is 31.2 Å². The van der Waals surface area contributed by atoms with Crippen LogP contribution in [0.4, 0.5) is 0 Å². The largest absolute Gasteiger partial charge is 0.493 e. The molecular formula is C13H15NO. The lowest BCUT2D eigenvalue weighted by molar-refractivity contribution is 0.357. The van der Waals surface area contributed by atoms with Gasteiger partial charge in [-0.05, 0) is 29.5 Å². The maximum absolute atomic E-state index is 8.60. The molecule has 0 fully saturated rings. The number of ether oxygens (including phenoxy) is 1. The summed E-state index contributed by atoms with van der Waals surface area (Å²) in [6.07, 6.45) is 2.64. The minimum Gasteiger partial charge on any atom is -0.493 e. The number of hydrogen-bond donors (Lipinski definition) is 0.